The highest BCUT2D eigenvalue weighted by Crippen LogP contribution is 2.30. The van der Waals surface area contributed by atoms with Crippen molar-refractivity contribution in [1.82, 2.24) is 4.90 Å². The van der Waals surface area contributed by atoms with Gasteiger partial charge in [-0.3, -0.25) is 9.59 Å². The predicted octanol–water partition coefficient (Wildman–Crippen LogP) is 5.13. The molecule has 1 unspecified atom stereocenters. The molecule has 1 atom stereocenters. The Morgan fingerprint density at radius 1 is 0.879 bits per heavy atom. The molecule has 3 aromatic rings. The normalized spacial score (nSPS) is 15.5. The molecule has 1 fully saturated rings. The molecular weight excluding hydrogens is 416 g/mol. The van der Waals surface area contributed by atoms with Crippen LogP contribution in [-0.4, -0.2) is 36.4 Å². The van der Waals surface area contributed by atoms with Crippen molar-refractivity contribution in [2.45, 2.75) is 19.3 Å². The molecule has 1 heterocycles. The number of carbonyl (C=O) groups is 2. The van der Waals surface area contributed by atoms with E-state index in [1.807, 2.05) is 84.9 Å². The first-order valence-electron chi connectivity index (χ1n) is 11.3. The summed E-state index contributed by atoms with van der Waals surface area (Å²) in [6.45, 7) is 1.40. The lowest BCUT2D eigenvalue weighted by Gasteiger charge is -2.32. The maximum atomic E-state index is 13.0. The lowest BCUT2D eigenvalue weighted by Crippen LogP contribution is -2.44. The Morgan fingerprint density at radius 2 is 1.55 bits per heavy atom. The van der Waals surface area contributed by atoms with Gasteiger partial charge in [-0.25, -0.2) is 0 Å². The van der Waals surface area contributed by atoms with Crippen LogP contribution < -0.4 is 14.8 Å². The number of para-hydroxylation sites is 4. The number of benzene rings is 3. The van der Waals surface area contributed by atoms with E-state index in [0.717, 1.165) is 18.6 Å². The Morgan fingerprint density at radius 3 is 2.30 bits per heavy atom. The molecule has 3 aromatic carbocycles. The second kappa shape index (κ2) is 11.2. The van der Waals surface area contributed by atoms with E-state index < -0.39 is 0 Å². The fraction of sp³-hybridized carbons (Fsp3) is 0.259. The van der Waals surface area contributed by atoms with Gasteiger partial charge >= 0.3 is 0 Å². The lowest BCUT2D eigenvalue weighted by molar-refractivity contribution is -0.135. The van der Waals surface area contributed by atoms with Crippen LogP contribution in [0.3, 0.4) is 0 Å². The number of hydrogen-bond acceptors (Lipinski definition) is 4. The molecule has 0 saturated carbocycles. The van der Waals surface area contributed by atoms with E-state index in [1.165, 1.54) is 0 Å². The van der Waals surface area contributed by atoms with E-state index in [2.05, 4.69) is 5.32 Å². The van der Waals surface area contributed by atoms with Gasteiger partial charge in [-0.1, -0.05) is 48.5 Å². The zero-order valence-corrected chi connectivity index (χ0v) is 18.5. The molecule has 1 N–H and O–H groups in total. The van der Waals surface area contributed by atoms with Gasteiger partial charge in [-0.2, -0.15) is 0 Å². The number of piperidine rings is 1. The van der Waals surface area contributed by atoms with E-state index in [0.29, 0.717) is 36.9 Å². The summed E-state index contributed by atoms with van der Waals surface area (Å²) in [6, 6.07) is 26.3. The molecule has 6 heteroatoms. The average Bonchev–Trinajstić information content (AvgIpc) is 2.86. The van der Waals surface area contributed by atoms with Gasteiger partial charge in [0.25, 0.3) is 0 Å². The van der Waals surface area contributed by atoms with Crippen molar-refractivity contribution in [2.24, 2.45) is 5.92 Å². The number of amides is 2. The van der Waals surface area contributed by atoms with Crippen LogP contribution in [0.15, 0.2) is 84.9 Å². The van der Waals surface area contributed by atoms with Crippen molar-refractivity contribution < 1.29 is 19.1 Å². The zero-order valence-electron chi connectivity index (χ0n) is 18.5. The second-order valence-corrected chi connectivity index (χ2v) is 7.99. The number of ether oxygens (including phenoxy) is 2. The average molecular weight is 445 g/mol. The predicted molar refractivity (Wildman–Crippen MR) is 127 cm³/mol. The van der Waals surface area contributed by atoms with E-state index in [1.54, 1.807) is 4.90 Å². The Balaban J connectivity index is 1.31. The summed E-state index contributed by atoms with van der Waals surface area (Å²) in [6.07, 6.45) is 1.83. The summed E-state index contributed by atoms with van der Waals surface area (Å²) < 4.78 is 11.6. The topological polar surface area (TPSA) is 67.9 Å². The minimum absolute atomic E-state index is 0.0104. The number of hydrogen-bond donors (Lipinski definition) is 1. The highest BCUT2D eigenvalue weighted by Gasteiger charge is 2.28. The standard InChI is InChI=1S/C27H28N2O4/c30-26(17-19-32-22-11-3-1-4-12-22)29-18-9-10-21(20-29)27(31)28-24-15-7-8-16-25(24)33-23-13-5-2-6-14-23/h1-8,11-16,21H,9-10,17-20H2,(H,28,31). The van der Waals surface area contributed by atoms with Gasteiger partial charge < -0.3 is 19.7 Å². The molecule has 33 heavy (non-hydrogen) atoms. The van der Waals surface area contributed by atoms with E-state index >= 15 is 0 Å². The van der Waals surface area contributed by atoms with E-state index in [4.69, 9.17) is 9.47 Å². The summed E-state index contributed by atoms with van der Waals surface area (Å²) in [4.78, 5) is 27.4. The van der Waals surface area contributed by atoms with Gasteiger partial charge in [-0.15, -0.1) is 0 Å². The SMILES string of the molecule is O=C(Nc1ccccc1Oc1ccccc1)C1CCCN(C(=O)CCOc2ccccc2)C1. The van der Waals surface area contributed by atoms with Crippen LogP contribution in [0.4, 0.5) is 5.69 Å². The van der Waals surface area contributed by atoms with Crippen LogP contribution in [0.1, 0.15) is 19.3 Å². The van der Waals surface area contributed by atoms with Crippen LogP contribution in [0.5, 0.6) is 17.2 Å². The van der Waals surface area contributed by atoms with Gasteiger partial charge in [0.2, 0.25) is 11.8 Å². The lowest BCUT2D eigenvalue weighted by atomic mass is 9.96. The minimum atomic E-state index is -0.262. The maximum absolute atomic E-state index is 13.0. The molecule has 1 saturated heterocycles. The number of nitrogens with one attached hydrogen (secondary N) is 1. The molecule has 170 valence electrons. The van der Waals surface area contributed by atoms with Gasteiger partial charge in [0, 0.05) is 13.1 Å². The zero-order chi connectivity index (χ0) is 22.9. The molecule has 0 aromatic heterocycles. The maximum Gasteiger partial charge on any atom is 0.229 e. The number of rotatable bonds is 8. The number of anilines is 1. The quantitative estimate of drug-likeness (QED) is 0.523. The monoisotopic (exact) mass is 444 g/mol. The van der Waals surface area contributed by atoms with Crippen LogP contribution in [0.25, 0.3) is 0 Å². The number of likely N-dealkylation sites (tertiary alicyclic amines) is 1. The van der Waals surface area contributed by atoms with E-state index in [9.17, 15) is 9.59 Å². The number of carbonyl (C=O) groups excluding carboxylic acids is 2. The van der Waals surface area contributed by atoms with Crippen molar-refractivity contribution in [1.29, 1.82) is 0 Å². The Bertz CT molecular complexity index is 1060. The van der Waals surface area contributed by atoms with Crippen molar-refractivity contribution in [3.63, 3.8) is 0 Å². The molecule has 0 bridgehead atoms. The largest absolute Gasteiger partial charge is 0.493 e. The molecule has 0 spiro atoms. The summed E-state index contributed by atoms with van der Waals surface area (Å²) in [5.74, 6) is 1.68. The summed E-state index contributed by atoms with van der Waals surface area (Å²) >= 11 is 0. The third-order valence-electron chi connectivity index (χ3n) is 5.59. The smallest absolute Gasteiger partial charge is 0.229 e. The Hall–Kier alpha value is -3.80. The Labute approximate surface area is 194 Å². The molecule has 0 radical (unpaired) electrons. The highest BCUT2D eigenvalue weighted by molar-refractivity contribution is 5.94. The second-order valence-electron chi connectivity index (χ2n) is 7.99. The van der Waals surface area contributed by atoms with Crippen LogP contribution in [0.2, 0.25) is 0 Å². The molecule has 0 aliphatic carbocycles. The molecule has 2 amide bonds. The van der Waals surface area contributed by atoms with Gasteiger partial charge in [-0.05, 0) is 49.2 Å². The number of nitrogens with zero attached hydrogens (tertiary/aromatic N) is 1. The Kier molecular flexibility index (Phi) is 7.59. The van der Waals surface area contributed by atoms with Gasteiger partial charge in [0.1, 0.15) is 11.5 Å². The first-order valence-corrected chi connectivity index (χ1v) is 11.3. The van der Waals surface area contributed by atoms with Crippen LogP contribution >= 0.6 is 0 Å². The van der Waals surface area contributed by atoms with Crippen LogP contribution in [0, 0.1) is 5.92 Å². The molecule has 6 nitrogen and oxygen atoms in total. The molecular formula is C27H28N2O4. The summed E-state index contributed by atoms with van der Waals surface area (Å²) in [7, 11) is 0. The minimum Gasteiger partial charge on any atom is -0.493 e. The highest BCUT2D eigenvalue weighted by atomic mass is 16.5. The van der Waals surface area contributed by atoms with E-state index in [-0.39, 0.29) is 24.2 Å². The van der Waals surface area contributed by atoms with Crippen molar-refractivity contribution in [3.05, 3.63) is 84.9 Å². The summed E-state index contributed by atoms with van der Waals surface area (Å²) in [5.41, 5.74) is 0.617. The fourth-order valence-electron chi connectivity index (χ4n) is 3.86. The molecule has 1 aliphatic heterocycles. The third kappa shape index (κ3) is 6.35. The van der Waals surface area contributed by atoms with Crippen molar-refractivity contribution >= 4 is 17.5 Å². The molecule has 4 rings (SSSR count). The van der Waals surface area contributed by atoms with Crippen molar-refractivity contribution in [2.75, 3.05) is 25.0 Å². The van der Waals surface area contributed by atoms with Crippen LogP contribution in [-0.2, 0) is 9.59 Å². The molecule has 1 aliphatic rings. The fourth-order valence-corrected chi connectivity index (χ4v) is 3.86. The summed E-state index contributed by atoms with van der Waals surface area (Å²) in [5, 5.41) is 3.00. The third-order valence-corrected chi connectivity index (χ3v) is 5.59. The first kappa shape index (κ1) is 22.4. The van der Waals surface area contributed by atoms with Gasteiger partial charge in [0.05, 0.1) is 24.6 Å². The first-order chi connectivity index (χ1) is 16.2. The van der Waals surface area contributed by atoms with Crippen molar-refractivity contribution in [3.8, 4) is 17.2 Å². The van der Waals surface area contributed by atoms with Gasteiger partial charge in [0.15, 0.2) is 5.75 Å².